The average molecular weight is 219 g/mol. The third-order valence-electron chi connectivity index (χ3n) is 2.70. The van der Waals surface area contributed by atoms with E-state index in [1.165, 1.54) is 6.42 Å². The zero-order valence-electron chi connectivity index (χ0n) is 9.29. The number of hydrogen-bond acceptors (Lipinski definition) is 2. The Labute approximate surface area is 87.1 Å². The third-order valence-corrected chi connectivity index (χ3v) is 3.64. The van der Waals surface area contributed by atoms with E-state index in [0.29, 0.717) is 17.3 Å². The second kappa shape index (κ2) is 3.81. The smallest absolute Gasteiger partial charge is 0.209 e. The van der Waals surface area contributed by atoms with Crippen molar-refractivity contribution < 1.29 is 8.42 Å². The van der Waals surface area contributed by atoms with E-state index < -0.39 is 10.0 Å². The predicted octanol–water partition coefficient (Wildman–Crippen LogP) is 1.74. The highest BCUT2D eigenvalue weighted by Gasteiger charge is 2.33. The summed E-state index contributed by atoms with van der Waals surface area (Å²) in [5.74, 6) is 1.20. The lowest BCUT2D eigenvalue weighted by Crippen LogP contribution is -2.34. The Kier molecular flexibility index (Phi) is 3.26. The van der Waals surface area contributed by atoms with Gasteiger partial charge in [-0.2, -0.15) is 0 Å². The third kappa shape index (κ3) is 4.42. The molecule has 0 bridgehead atoms. The highest BCUT2D eigenvalue weighted by Crippen LogP contribution is 2.41. The van der Waals surface area contributed by atoms with Gasteiger partial charge in [0, 0.05) is 0 Å². The number of sulfonamides is 1. The second-order valence-electron chi connectivity index (χ2n) is 5.80. The SMILES string of the molecule is CC(C)(C)CC1CC(CS(N)(=O)=O)C1. The lowest BCUT2D eigenvalue weighted by molar-refractivity contribution is 0.149. The summed E-state index contributed by atoms with van der Waals surface area (Å²) in [5.41, 5.74) is 0.358. The van der Waals surface area contributed by atoms with Crippen molar-refractivity contribution in [1.82, 2.24) is 0 Å². The van der Waals surface area contributed by atoms with Crippen LogP contribution in [0.1, 0.15) is 40.0 Å². The van der Waals surface area contributed by atoms with Crippen LogP contribution in [0.2, 0.25) is 0 Å². The Balaban J connectivity index is 2.25. The van der Waals surface area contributed by atoms with E-state index in [9.17, 15) is 8.42 Å². The maximum absolute atomic E-state index is 10.8. The van der Waals surface area contributed by atoms with E-state index in [0.717, 1.165) is 12.8 Å². The van der Waals surface area contributed by atoms with Crippen LogP contribution in [0.4, 0.5) is 0 Å². The molecule has 84 valence electrons. The lowest BCUT2D eigenvalue weighted by atomic mass is 9.69. The molecule has 2 N–H and O–H groups in total. The zero-order valence-corrected chi connectivity index (χ0v) is 10.1. The molecule has 4 heteroatoms. The number of hydrogen-bond donors (Lipinski definition) is 1. The van der Waals surface area contributed by atoms with Gasteiger partial charge in [0.2, 0.25) is 10.0 Å². The van der Waals surface area contributed by atoms with Gasteiger partial charge in [-0.3, -0.25) is 0 Å². The Hall–Kier alpha value is -0.0900. The van der Waals surface area contributed by atoms with Gasteiger partial charge < -0.3 is 0 Å². The number of nitrogens with two attached hydrogens (primary N) is 1. The fraction of sp³-hybridized carbons (Fsp3) is 1.00. The van der Waals surface area contributed by atoms with E-state index in [-0.39, 0.29) is 5.75 Å². The van der Waals surface area contributed by atoms with E-state index in [4.69, 9.17) is 5.14 Å². The minimum atomic E-state index is -3.25. The van der Waals surface area contributed by atoms with Crippen molar-refractivity contribution in [2.24, 2.45) is 22.4 Å². The van der Waals surface area contributed by atoms with Crippen molar-refractivity contribution in [3.63, 3.8) is 0 Å². The van der Waals surface area contributed by atoms with Crippen LogP contribution >= 0.6 is 0 Å². The van der Waals surface area contributed by atoms with Gasteiger partial charge in [0.25, 0.3) is 0 Å². The number of rotatable bonds is 3. The van der Waals surface area contributed by atoms with Gasteiger partial charge in [0.15, 0.2) is 0 Å². The van der Waals surface area contributed by atoms with Gasteiger partial charge in [-0.15, -0.1) is 0 Å². The molecule has 1 aliphatic carbocycles. The first-order valence-electron chi connectivity index (χ1n) is 5.16. The molecular formula is C10H21NO2S. The van der Waals surface area contributed by atoms with Crippen molar-refractivity contribution in [1.29, 1.82) is 0 Å². The molecule has 0 heterocycles. The maximum atomic E-state index is 10.8. The molecule has 0 atom stereocenters. The average Bonchev–Trinajstić information content (AvgIpc) is 1.75. The molecule has 1 rings (SSSR count). The molecule has 3 nitrogen and oxygen atoms in total. The van der Waals surface area contributed by atoms with E-state index in [1.54, 1.807) is 0 Å². The van der Waals surface area contributed by atoms with Crippen LogP contribution < -0.4 is 5.14 Å². The summed E-state index contributed by atoms with van der Waals surface area (Å²) in [4.78, 5) is 0. The van der Waals surface area contributed by atoms with Crippen LogP contribution in [0.5, 0.6) is 0 Å². The van der Waals surface area contributed by atoms with Gasteiger partial charge in [0.1, 0.15) is 0 Å². The molecule has 1 aliphatic rings. The molecule has 1 fully saturated rings. The normalized spacial score (nSPS) is 28.6. The second-order valence-corrected chi connectivity index (χ2v) is 7.46. The van der Waals surface area contributed by atoms with E-state index in [2.05, 4.69) is 20.8 Å². The molecule has 0 aromatic carbocycles. The first kappa shape index (κ1) is 12.0. The fourth-order valence-electron chi connectivity index (χ4n) is 2.37. The van der Waals surface area contributed by atoms with E-state index >= 15 is 0 Å². The first-order valence-corrected chi connectivity index (χ1v) is 6.88. The van der Waals surface area contributed by atoms with Gasteiger partial charge in [-0.05, 0) is 36.5 Å². The predicted molar refractivity (Wildman–Crippen MR) is 58.3 cm³/mol. The van der Waals surface area contributed by atoms with Crippen molar-refractivity contribution in [2.45, 2.75) is 40.0 Å². The summed E-state index contributed by atoms with van der Waals surface area (Å²) in [6.07, 6.45) is 3.26. The van der Waals surface area contributed by atoms with Gasteiger partial charge in [0.05, 0.1) is 5.75 Å². The van der Waals surface area contributed by atoms with Crippen molar-refractivity contribution in [2.75, 3.05) is 5.75 Å². The minimum absolute atomic E-state index is 0.174. The Bertz CT molecular complexity index is 284. The zero-order chi connectivity index (χ0) is 11.0. The molecule has 0 saturated heterocycles. The lowest BCUT2D eigenvalue weighted by Gasteiger charge is -2.38. The summed E-state index contributed by atoms with van der Waals surface area (Å²) in [5, 5.41) is 4.99. The largest absolute Gasteiger partial charge is 0.229 e. The van der Waals surface area contributed by atoms with Crippen molar-refractivity contribution in [3.05, 3.63) is 0 Å². The van der Waals surface area contributed by atoms with E-state index in [1.807, 2.05) is 0 Å². The van der Waals surface area contributed by atoms with Gasteiger partial charge in [-0.25, -0.2) is 13.6 Å². The number of primary sulfonamides is 1. The quantitative estimate of drug-likeness (QED) is 0.786. The fourth-order valence-corrected chi connectivity index (χ4v) is 3.30. The van der Waals surface area contributed by atoms with Crippen LogP contribution in [0.25, 0.3) is 0 Å². The van der Waals surface area contributed by atoms with Crippen LogP contribution in [0.15, 0.2) is 0 Å². The standard InChI is InChI=1S/C10H21NO2S/c1-10(2,3)6-8-4-9(5-8)7-14(11,12)13/h8-9H,4-7H2,1-3H3,(H2,11,12,13). The summed E-state index contributed by atoms with van der Waals surface area (Å²) in [6.45, 7) is 6.67. The Morgan fingerprint density at radius 3 is 2.07 bits per heavy atom. The van der Waals surface area contributed by atoms with Crippen LogP contribution in [-0.2, 0) is 10.0 Å². The molecule has 0 spiro atoms. The molecule has 0 radical (unpaired) electrons. The van der Waals surface area contributed by atoms with Gasteiger partial charge >= 0.3 is 0 Å². The molecule has 14 heavy (non-hydrogen) atoms. The maximum Gasteiger partial charge on any atom is 0.209 e. The van der Waals surface area contributed by atoms with Crippen molar-refractivity contribution >= 4 is 10.0 Å². The molecule has 0 aliphatic heterocycles. The monoisotopic (exact) mass is 219 g/mol. The minimum Gasteiger partial charge on any atom is -0.229 e. The summed E-state index contributed by atoms with van der Waals surface area (Å²) in [7, 11) is -3.25. The highest BCUT2D eigenvalue weighted by atomic mass is 32.2. The van der Waals surface area contributed by atoms with Gasteiger partial charge in [-0.1, -0.05) is 20.8 Å². The van der Waals surface area contributed by atoms with Crippen molar-refractivity contribution in [3.8, 4) is 0 Å². The first-order chi connectivity index (χ1) is 6.16. The van der Waals surface area contributed by atoms with Crippen LogP contribution in [-0.4, -0.2) is 14.2 Å². The summed E-state index contributed by atoms with van der Waals surface area (Å²) >= 11 is 0. The highest BCUT2D eigenvalue weighted by molar-refractivity contribution is 7.89. The molecule has 0 aromatic heterocycles. The Morgan fingerprint density at radius 2 is 1.71 bits per heavy atom. The summed E-state index contributed by atoms with van der Waals surface area (Å²) < 4.78 is 21.6. The molecule has 0 unspecified atom stereocenters. The molecular weight excluding hydrogens is 198 g/mol. The summed E-state index contributed by atoms with van der Waals surface area (Å²) in [6, 6.07) is 0. The Morgan fingerprint density at radius 1 is 1.21 bits per heavy atom. The topological polar surface area (TPSA) is 60.2 Å². The van der Waals surface area contributed by atoms with Crippen LogP contribution in [0, 0.1) is 17.3 Å². The molecule has 0 amide bonds. The molecule has 0 aromatic rings. The molecule has 1 saturated carbocycles. The van der Waals surface area contributed by atoms with Crippen LogP contribution in [0.3, 0.4) is 0 Å².